The van der Waals surface area contributed by atoms with E-state index in [0.29, 0.717) is 10.8 Å². The predicted molar refractivity (Wildman–Crippen MR) is 117 cm³/mol. The van der Waals surface area contributed by atoms with E-state index in [1.807, 2.05) is 54.6 Å². The molecule has 0 saturated carbocycles. The summed E-state index contributed by atoms with van der Waals surface area (Å²) < 4.78 is 5.88. The largest absolute Gasteiger partial charge is 0.479 e. The Morgan fingerprint density at radius 1 is 1.03 bits per heavy atom. The summed E-state index contributed by atoms with van der Waals surface area (Å²) in [5, 5.41) is 3.64. The number of rotatable bonds is 5. The molecule has 2 atom stereocenters. The normalized spacial score (nSPS) is 16.6. The summed E-state index contributed by atoms with van der Waals surface area (Å²) >= 11 is 6.43. The van der Waals surface area contributed by atoms with Gasteiger partial charge in [-0.15, -0.1) is 0 Å². The number of nitrogens with one attached hydrogen (secondary N) is 1. The van der Waals surface area contributed by atoms with Gasteiger partial charge in [-0.05, 0) is 60.6 Å². The highest BCUT2D eigenvalue weighted by atomic mass is 35.5. The molecule has 3 nitrogen and oxygen atoms in total. The van der Waals surface area contributed by atoms with Crippen LogP contribution in [0.15, 0.2) is 72.8 Å². The van der Waals surface area contributed by atoms with Gasteiger partial charge in [0.05, 0.1) is 11.1 Å². The van der Waals surface area contributed by atoms with Gasteiger partial charge in [0.15, 0.2) is 6.10 Å². The van der Waals surface area contributed by atoms with E-state index in [-0.39, 0.29) is 11.9 Å². The Kier molecular flexibility index (Phi) is 5.86. The van der Waals surface area contributed by atoms with Gasteiger partial charge < -0.3 is 10.1 Å². The van der Waals surface area contributed by atoms with Crippen LogP contribution in [0.3, 0.4) is 0 Å². The molecule has 0 heterocycles. The number of hydrogen-bond acceptors (Lipinski definition) is 2. The van der Waals surface area contributed by atoms with Crippen molar-refractivity contribution in [2.24, 2.45) is 0 Å². The average molecular weight is 406 g/mol. The van der Waals surface area contributed by atoms with Crippen LogP contribution < -0.4 is 10.1 Å². The first-order chi connectivity index (χ1) is 14.1. The Balaban J connectivity index is 1.43. The van der Waals surface area contributed by atoms with Crippen LogP contribution in [-0.4, -0.2) is 12.0 Å². The quantitative estimate of drug-likeness (QED) is 0.568. The van der Waals surface area contributed by atoms with Crippen molar-refractivity contribution in [3.8, 4) is 16.9 Å². The van der Waals surface area contributed by atoms with E-state index in [1.165, 1.54) is 11.1 Å². The first-order valence-electron chi connectivity index (χ1n) is 10.0. The maximum Gasteiger partial charge on any atom is 0.261 e. The molecule has 1 aliphatic carbocycles. The lowest BCUT2D eigenvalue weighted by Gasteiger charge is -2.27. The zero-order chi connectivity index (χ0) is 20.2. The number of ether oxygens (including phenoxy) is 1. The molecule has 4 heteroatoms. The van der Waals surface area contributed by atoms with Crippen LogP contribution in [0.1, 0.15) is 36.9 Å². The van der Waals surface area contributed by atoms with Gasteiger partial charge in [0, 0.05) is 0 Å². The van der Waals surface area contributed by atoms with E-state index in [0.717, 1.165) is 30.4 Å². The Morgan fingerprint density at radius 2 is 1.79 bits per heavy atom. The van der Waals surface area contributed by atoms with Gasteiger partial charge in [0.1, 0.15) is 5.75 Å². The van der Waals surface area contributed by atoms with Crippen LogP contribution in [0.25, 0.3) is 11.1 Å². The first-order valence-corrected chi connectivity index (χ1v) is 10.4. The number of fused-ring (bicyclic) bond motifs is 1. The molecule has 0 unspecified atom stereocenters. The lowest BCUT2D eigenvalue weighted by Crippen LogP contribution is -2.39. The van der Waals surface area contributed by atoms with Gasteiger partial charge in [-0.25, -0.2) is 0 Å². The highest BCUT2D eigenvalue weighted by molar-refractivity contribution is 6.32. The van der Waals surface area contributed by atoms with E-state index in [1.54, 1.807) is 6.92 Å². The van der Waals surface area contributed by atoms with E-state index < -0.39 is 6.10 Å². The topological polar surface area (TPSA) is 38.3 Å². The first kappa shape index (κ1) is 19.5. The second-order valence-electron chi connectivity index (χ2n) is 7.42. The molecule has 1 amide bonds. The molecule has 29 heavy (non-hydrogen) atoms. The molecular formula is C25H24ClNO2. The van der Waals surface area contributed by atoms with Gasteiger partial charge in [-0.3, -0.25) is 4.79 Å². The van der Waals surface area contributed by atoms with Crippen molar-refractivity contribution in [2.75, 3.05) is 0 Å². The molecule has 3 aromatic carbocycles. The highest BCUT2D eigenvalue weighted by Crippen LogP contribution is 2.32. The zero-order valence-electron chi connectivity index (χ0n) is 16.4. The number of carbonyl (C=O) groups is 1. The molecular weight excluding hydrogens is 382 g/mol. The van der Waals surface area contributed by atoms with Crippen molar-refractivity contribution >= 4 is 17.5 Å². The fraction of sp³-hybridized carbons (Fsp3) is 0.240. The number of aryl methyl sites for hydroxylation is 1. The molecule has 1 aliphatic rings. The number of halogens is 1. The van der Waals surface area contributed by atoms with Crippen molar-refractivity contribution in [3.63, 3.8) is 0 Å². The van der Waals surface area contributed by atoms with Crippen molar-refractivity contribution in [1.82, 2.24) is 5.32 Å². The maximum absolute atomic E-state index is 12.7. The van der Waals surface area contributed by atoms with Gasteiger partial charge in [-0.1, -0.05) is 72.3 Å². The van der Waals surface area contributed by atoms with Crippen LogP contribution in [-0.2, 0) is 11.2 Å². The zero-order valence-corrected chi connectivity index (χ0v) is 17.2. The van der Waals surface area contributed by atoms with Crippen molar-refractivity contribution in [3.05, 3.63) is 88.9 Å². The van der Waals surface area contributed by atoms with Crippen LogP contribution in [0.5, 0.6) is 5.75 Å². The minimum Gasteiger partial charge on any atom is -0.479 e. The molecule has 0 saturated heterocycles. The van der Waals surface area contributed by atoms with E-state index >= 15 is 0 Å². The number of hydrogen-bond donors (Lipinski definition) is 1. The second-order valence-corrected chi connectivity index (χ2v) is 7.83. The Bertz CT molecular complexity index is 1000. The fourth-order valence-corrected chi connectivity index (χ4v) is 4.07. The molecule has 0 aliphatic heterocycles. The minimum absolute atomic E-state index is 0.0365. The van der Waals surface area contributed by atoms with Crippen molar-refractivity contribution < 1.29 is 9.53 Å². The summed E-state index contributed by atoms with van der Waals surface area (Å²) in [6, 6.07) is 24.0. The molecule has 0 fully saturated rings. The van der Waals surface area contributed by atoms with Crippen LogP contribution in [0, 0.1) is 0 Å². The molecule has 0 radical (unpaired) electrons. The molecule has 148 valence electrons. The Labute approximate surface area is 176 Å². The van der Waals surface area contributed by atoms with E-state index in [9.17, 15) is 4.79 Å². The lowest BCUT2D eigenvalue weighted by atomic mass is 9.87. The SMILES string of the molecule is C[C@@H](Oc1ccc(-c2ccccc2)cc1Cl)C(=O)N[C@H]1CCCc2ccccc21. The lowest BCUT2D eigenvalue weighted by molar-refractivity contribution is -0.128. The third-order valence-electron chi connectivity index (χ3n) is 5.40. The minimum atomic E-state index is -0.635. The van der Waals surface area contributed by atoms with Crippen LogP contribution in [0.2, 0.25) is 5.02 Å². The number of amides is 1. The third-order valence-corrected chi connectivity index (χ3v) is 5.69. The summed E-state index contributed by atoms with van der Waals surface area (Å²) in [5.41, 5.74) is 4.63. The van der Waals surface area contributed by atoms with E-state index in [2.05, 4.69) is 23.5 Å². The monoisotopic (exact) mass is 405 g/mol. The van der Waals surface area contributed by atoms with Crippen molar-refractivity contribution in [2.45, 2.75) is 38.3 Å². The molecule has 0 spiro atoms. The second kappa shape index (κ2) is 8.71. The maximum atomic E-state index is 12.7. The standard InChI is InChI=1S/C25H24ClNO2/c1-17(25(28)27-23-13-7-11-19-10-5-6-12-21(19)23)29-24-15-14-20(16-22(24)26)18-8-3-2-4-9-18/h2-6,8-10,12,14-17,23H,7,11,13H2,1H3,(H,27,28)/t17-,23+/m1/s1. The smallest absolute Gasteiger partial charge is 0.261 e. The number of benzene rings is 3. The van der Waals surface area contributed by atoms with Gasteiger partial charge >= 0.3 is 0 Å². The highest BCUT2D eigenvalue weighted by Gasteiger charge is 2.24. The fourth-order valence-electron chi connectivity index (χ4n) is 3.84. The summed E-state index contributed by atoms with van der Waals surface area (Å²) in [7, 11) is 0. The average Bonchev–Trinajstić information content (AvgIpc) is 2.76. The Morgan fingerprint density at radius 3 is 2.59 bits per heavy atom. The van der Waals surface area contributed by atoms with Gasteiger partial charge in [0.2, 0.25) is 0 Å². The Hall–Kier alpha value is -2.78. The van der Waals surface area contributed by atoms with E-state index in [4.69, 9.17) is 16.3 Å². The predicted octanol–water partition coefficient (Wildman–Crippen LogP) is 5.97. The summed E-state index contributed by atoms with van der Waals surface area (Å²) in [5.74, 6) is 0.382. The van der Waals surface area contributed by atoms with Crippen molar-refractivity contribution in [1.29, 1.82) is 0 Å². The number of carbonyl (C=O) groups excluding carboxylic acids is 1. The molecule has 0 bridgehead atoms. The summed E-state index contributed by atoms with van der Waals surface area (Å²) in [4.78, 5) is 12.7. The molecule has 3 aromatic rings. The summed E-state index contributed by atoms with van der Waals surface area (Å²) in [6.07, 6.45) is 2.45. The van der Waals surface area contributed by atoms with Crippen LogP contribution in [0.4, 0.5) is 0 Å². The van der Waals surface area contributed by atoms with Gasteiger partial charge in [0.25, 0.3) is 5.91 Å². The molecule has 1 N–H and O–H groups in total. The molecule has 4 rings (SSSR count). The third kappa shape index (κ3) is 4.46. The van der Waals surface area contributed by atoms with Gasteiger partial charge in [-0.2, -0.15) is 0 Å². The summed E-state index contributed by atoms with van der Waals surface area (Å²) in [6.45, 7) is 1.76. The van der Waals surface area contributed by atoms with Crippen LogP contribution >= 0.6 is 11.6 Å². The molecule has 0 aromatic heterocycles.